The van der Waals surface area contributed by atoms with Gasteiger partial charge in [-0.1, -0.05) is 31.9 Å². The normalized spacial score (nSPS) is 10.1. The number of rotatable bonds is 2. The van der Waals surface area contributed by atoms with Gasteiger partial charge < -0.3 is 0 Å². The summed E-state index contributed by atoms with van der Waals surface area (Å²) < 4.78 is 1.96. The zero-order valence-corrected chi connectivity index (χ0v) is 11.3. The number of aldehydes is 1. The van der Waals surface area contributed by atoms with Gasteiger partial charge in [0.1, 0.15) is 0 Å². The summed E-state index contributed by atoms with van der Waals surface area (Å²) in [5.74, 6) is 0. The molecule has 0 saturated heterocycles. The predicted octanol–water partition coefficient (Wildman–Crippen LogP) is 4.09. The quantitative estimate of drug-likeness (QED) is 0.771. The number of nitrogens with zero attached hydrogens (tertiary/aromatic N) is 1. The Labute approximate surface area is 110 Å². The Morgan fingerprint density at radius 2 is 1.62 bits per heavy atom. The van der Waals surface area contributed by atoms with E-state index in [4.69, 9.17) is 0 Å². The van der Waals surface area contributed by atoms with Crippen LogP contribution in [0.4, 0.5) is 0 Å². The summed E-state index contributed by atoms with van der Waals surface area (Å²) in [6.45, 7) is 0. The Kier molecular flexibility index (Phi) is 3.51. The van der Waals surface area contributed by atoms with Crippen molar-refractivity contribution >= 4 is 38.1 Å². The predicted molar refractivity (Wildman–Crippen MR) is 70.5 cm³/mol. The van der Waals surface area contributed by atoms with Crippen molar-refractivity contribution in [1.29, 1.82) is 0 Å². The maximum absolute atomic E-state index is 10.7. The van der Waals surface area contributed by atoms with E-state index in [1.807, 2.05) is 24.3 Å². The molecular weight excluding hydrogens is 334 g/mol. The molecule has 16 heavy (non-hydrogen) atoms. The van der Waals surface area contributed by atoms with Crippen molar-refractivity contribution in [2.45, 2.75) is 0 Å². The van der Waals surface area contributed by atoms with Gasteiger partial charge in [0.15, 0.2) is 6.29 Å². The van der Waals surface area contributed by atoms with E-state index >= 15 is 0 Å². The zero-order chi connectivity index (χ0) is 11.5. The lowest BCUT2D eigenvalue weighted by Gasteiger charge is -2.03. The Bertz CT molecular complexity index is 520. The summed E-state index contributed by atoms with van der Waals surface area (Å²) in [4.78, 5) is 14.7. The molecule has 1 aromatic carbocycles. The zero-order valence-electron chi connectivity index (χ0n) is 8.15. The van der Waals surface area contributed by atoms with Crippen LogP contribution in [0.2, 0.25) is 0 Å². The molecule has 0 amide bonds. The third-order valence-electron chi connectivity index (χ3n) is 2.09. The van der Waals surface area contributed by atoms with E-state index in [1.54, 1.807) is 12.4 Å². The number of aromatic nitrogens is 1. The summed E-state index contributed by atoms with van der Waals surface area (Å²) >= 11 is 6.85. The van der Waals surface area contributed by atoms with E-state index in [1.165, 1.54) is 0 Å². The average Bonchev–Trinajstić information content (AvgIpc) is 2.28. The molecule has 2 nitrogen and oxygen atoms in total. The van der Waals surface area contributed by atoms with Crippen LogP contribution in [0, 0.1) is 0 Å². The Hall–Kier alpha value is -1.000. The maximum atomic E-state index is 10.7. The molecule has 2 aromatic rings. The highest BCUT2D eigenvalue weighted by atomic mass is 79.9. The van der Waals surface area contributed by atoms with Crippen LogP contribution in [-0.4, -0.2) is 11.3 Å². The molecule has 0 atom stereocenters. The van der Waals surface area contributed by atoms with Gasteiger partial charge in [0.05, 0.1) is 0 Å². The summed E-state index contributed by atoms with van der Waals surface area (Å²) in [5, 5.41) is 0. The van der Waals surface area contributed by atoms with Crippen molar-refractivity contribution in [3.63, 3.8) is 0 Å². The number of pyridine rings is 1. The van der Waals surface area contributed by atoms with Crippen molar-refractivity contribution in [2.75, 3.05) is 0 Å². The molecule has 0 aliphatic carbocycles. The van der Waals surface area contributed by atoms with E-state index in [0.717, 1.165) is 26.4 Å². The Balaban J connectivity index is 2.53. The first kappa shape index (κ1) is 11.5. The van der Waals surface area contributed by atoms with Crippen LogP contribution in [0.15, 0.2) is 45.6 Å². The van der Waals surface area contributed by atoms with Crippen LogP contribution in [0.5, 0.6) is 0 Å². The highest BCUT2D eigenvalue weighted by Gasteiger charge is 2.02. The van der Waals surface area contributed by atoms with Crippen LogP contribution in [0.25, 0.3) is 11.1 Å². The molecule has 0 saturated carbocycles. The second-order valence-electron chi connectivity index (χ2n) is 3.28. The number of benzene rings is 1. The molecule has 2 rings (SSSR count). The molecule has 0 bridgehead atoms. The molecule has 80 valence electrons. The van der Waals surface area contributed by atoms with Gasteiger partial charge in [-0.05, 0) is 29.8 Å². The highest BCUT2D eigenvalue weighted by molar-refractivity contribution is 9.11. The molecule has 0 N–H and O–H groups in total. The first-order chi connectivity index (χ1) is 7.69. The van der Waals surface area contributed by atoms with Gasteiger partial charge in [-0.2, -0.15) is 0 Å². The first-order valence-electron chi connectivity index (χ1n) is 4.56. The van der Waals surface area contributed by atoms with Crippen molar-refractivity contribution in [1.82, 2.24) is 4.98 Å². The van der Waals surface area contributed by atoms with Gasteiger partial charge in [0.25, 0.3) is 0 Å². The number of hydrogen-bond acceptors (Lipinski definition) is 2. The molecule has 1 heterocycles. The highest BCUT2D eigenvalue weighted by Crippen LogP contribution is 2.27. The van der Waals surface area contributed by atoms with Crippen LogP contribution >= 0.6 is 31.9 Å². The topological polar surface area (TPSA) is 30.0 Å². The van der Waals surface area contributed by atoms with Crippen molar-refractivity contribution in [3.8, 4) is 11.1 Å². The lowest BCUT2D eigenvalue weighted by atomic mass is 10.1. The van der Waals surface area contributed by atoms with Crippen molar-refractivity contribution < 1.29 is 4.79 Å². The van der Waals surface area contributed by atoms with E-state index in [9.17, 15) is 4.79 Å². The third kappa shape index (κ3) is 2.57. The first-order valence-corrected chi connectivity index (χ1v) is 6.14. The number of halogens is 2. The molecule has 0 aliphatic heterocycles. The average molecular weight is 341 g/mol. The van der Waals surface area contributed by atoms with Crippen LogP contribution in [-0.2, 0) is 0 Å². The summed E-state index contributed by atoms with van der Waals surface area (Å²) in [6, 6.07) is 7.74. The Morgan fingerprint density at radius 3 is 2.25 bits per heavy atom. The molecular formula is C12H7Br2NO. The molecule has 1 aromatic heterocycles. The summed E-state index contributed by atoms with van der Waals surface area (Å²) in [7, 11) is 0. The fourth-order valence-corrected chi connectivity index (χ4v) is 2.69. The molecule has 4 heteroatoms. The molecule has 0 fully saturated rings. The molecule has 0 aliphatic rings. The number of carbonyl (C=O) groups excluding carboxylic acids is 1. The van der Waals surface area contributed by atoms with Gasteiger partial charge >= 0.3 is 0 Å². The monoisotopic (exact) mass is 339 g/mol. The molecule has 0 radical (unpaired) electrons. The van der Waals surface area contributed by atoms with Crippen LogP contribution in [0.1, 0.15) is 10.4 Å². The molecule has 0 unspecified atom stereocenters. The SMILES string of the molecule is O=Cc1cncc(-c2cc(Br)cc(Br)c2)c1. The Morgan fingerprint density at radius 1 is 0.938 bits per heavy atom. The smallest absolute Gasteiger partial charge is 0.151 e. The fraction of sp³-hybridized carbons (Fsp3) is 0. The summed E-state index contributed by atoms with van der Waals surface area (Å²) in [5.41, 5.74) is 2.51. The van der Waals surface area contributed by atoms with E-state index in [-0.39, 0.29) is 0 Å². The summed E-state index contributed by atoms with van der Waals surface area (Å²) in [6.07, 6.45) is 4.08. The van der Waals surface area contributed by atoms with E-state index in [2.05, 4.69) is 36.8 Å². The van der Waals surface area contributed by atoms with Crippen LogP contribution in [0.3, 0.4) is 0 Å². The second-order valence-corrected chi connectivity index (χ2v) is 5.11. The van der Waals surface area contributed by atoms with Gasteiger partial charge in [-0.25, -0.2) is 0 Å². The minimum atomic E-state index is 0.577. The minimum absolute atomic E-state index is 0.577. The lowest BCUT2D eigenvalue weighted by molar-refractivity contribution is 0.112. The van der Waals surface area contributed by atoms with Gasteiger partial charge in [-0.3, -0.25) is 9.78 Å². The second kappa shape index (κ2) is 4.89. The van der Waals surface area contributed by atoms with Gasteiger partial charge in [0.2, 0.25) is 0 Å². The third-order valence-corrected chi connectivity index (χ3v) is 3.01. The number of carbonyl (C=O) groups is 1. The van der Waals surface area contributed by atoms with Crippen molar-refractivity contribution in [3.05, 3.63) is 51.2 Å². The van der Waals surface area contributed by atoms with Gasteiger partial charge in [0, 0.05) is 32.5 Å². The lowest BCUT2D eigenvalue weighted by Crippen LogP contribution is -1.85. The van der Waals surface area contributed by atoms with Crippen molar-refractivity contribution in [2.24, 2.45) is 0 Å². The van der Waals surface area contributed by atoms with Gasteiger partial charge in [-0.15, -0.1) is 0 Å². The maximum Gasteiger partial charge on any atom is 0.151 e. The standard InChI is InChI=1S/C12H7Br2NO/c13-11-2-9(3-12(14)4-11)10-1-8(7-16)5-15-6-10/h1-7H. The van der Waals surface area contributed by atoms with E-state index in [0.29, 0.717) is 5.56 Å². The van der Waals surface area contributed by atoms with Crippen LogP contribution < -0.4 is 0 Å². The minimum Gasteiger partial charge on any atom is -0.298 e. The number of hydrogen-bond donors (Lipinski definition) is 0. The fourth-order valence-electron chi connectivity index (χ4n) is 1.40. The molecule has 0 spiro atoms. The van der Waals surface area contributed by atoms with E-state index < -0.39 is 0 Å². The largest absolute Gasteiger partial charge is 0.298 e.